The molecule has 10 aliphatic rings. The molecule has 0 radical (unpaired) electrons. The first-order valence-electron chi connectivity index (χ1n) is 28.5. The molecule has 1 aromatic carbocycles. The first-order valence-corrected chi connectivity index (χ1v) is 28.5. The number of benzene rings is 1. The van der Waals surface area contributed by atoms with Crippen LogP contribution in [0.4, 0.5) is 0 Å². The van der Waals surface area contributed by atoms with Crippen LogP contribution in [0.3, 0.4) is 0 Å². The van der Waals surface area contributed by atoms with Crippen molar-refractivity contribution < 1.29 is 19.7 Å². The van der Waals surface area contributed by atoms with Crippen molar-refractivity contribution in [1.29, 1.82) is 0 Å². The predicted octanol–water partition coefficient (Wildman–Crippen LogP) is 16.4. The Balaban J connectivity index is 0.000000141. The highest BCUT2D eigenvalue weighted by atomic mass is 16.5. The largest absolute Gasteiger partial charge is 0.501 e. The molecule has 0 bridgehead atoms. The number of rotatable bonds is 2. The number of methoxy groups -OCH3 is 2. The number of aliphatic hydroxyl groups is 2. The minimum atomic E-state index is -0.900. The van der Waals surface area contributed by atoms with Crippen LogP contribution in [0.25, 0.3) is 0 Å². The second-order valence-electron chi connectivity index (χ2n) is 24.3. The first kappa shape index (κ1) is 54.3. The average Bonchev–Trinajstić information content (AvgIpc) is 4.22. The number of fused-ring (bicyclic) bond motifs is 9. The summed E-state index contributed by atoms with van der Waals surface area (Å²) in [7, 11) is 3.56. The minimum absolute atomic E-state index is 0.104. The number of aryl methyl sites for hydroxylation is 1. The molecule has 70 heavy (non-hydrogen) atoms. The molecule has 13 atom stereocenters. The smallest absolute Gasteiger partial charge is 0.130 e. The lowest BCUT2D eigenvalue weighted by Crippen LogP contribution is -2.50. The quantitative estimate of drug-likeness (QED) is 0.229. The maximum Gasteiger partial charge on any atom is 0.130 e. The number of hydrogen-bond acceptors (Lipinski definition) is 4. The third-order valence-electron chi connectivity index (χ3n) is 21.3. The Morgan fingerprint density at radius 2 is 1.33 bits per heavy atom. The molecule has 384 valence electrons. The van der Waals surface area contributed by atoms with Gasteiger partial charge in [-0.2, -0.15) is 0 Å². The molecule has 6 unspecified atom stereocenters. The van der Waals surface area contributed by atoms with E-state index in [1.165, 1.54) is 107 Å². The number of hydrogen-bond donors (Lipinski definition) is 2. The van der Waals surface area contributed by atoms with Crippen molar-refractivity contribution in [2.75, 3.05) is 14.2 Å². The standard InChI is InChI=1S/C21H26O2.C21H30O.C8H12O.2C8H14/c1-4-21(22)12-10-19-18-7-5-14-13-15(23-3)6-8-16(14)17(18)9-11-20(19,21)2;1-4-15-6-10-20-19-8-5-14-13-16(22-3)7-9-17(14)18(19)11-12-21(15,20)2;1-3-8(9)6-4-5-7(8)2;2*1-3-8-6-4-5-7(8)2/h1,6,8,13,17-19,22H,5,7,9-12H2,2-3H3;4,7,18-20H,5-6,8-13H2,1-3H3;1,7,9H,4-6H2,2H3;2*3,7H,4-6H2,1-2H3/b;15-4-;;2*8-3-/t17?,18?,19?,20-,21-;18?,19?,20?,21-;7-,8+;2*7-/m01111/s1. The van der Waals surface area contributed by atoms with E-state index >= 15 is 0 Å². The van der Waals surface area contributed by atoms with E-state index in [1.54, 1.807) is 29.4 Å². The fraction of sp³-hybridized carbons (Fsp3) is 0.697. The molecule has 4 heteroatoms. The molecule has 7 fully saturated rings. The van der Waals surface area contributed by atoms with Gasteiger partial charge in [-0.3, -0.25) is 0 Å². The third-order valence-corrected chi connectivity index (χ3v) is 21.3. The molecule has 0 heterocycles. The summed E-state index contributed by atoms with van der Waals surface area (Å²) in [4.78, 5) is 0. The Morgan fingerprint density at radius 1 is 0.657 bits per heavy atom. The van der Waals surface area contributed by atoms with Crippen LogP contribution in [0.15, 0.2) is 76.1 Å². The fourth-order valence-electron chi connectivity index (χ4n) is 16.6. The van der Waals surface area contributed by atoms with Crippen LogP contribution < -0.4 is 4.74 Å². The maximum atomic E-state index is 11.0. The molecular formula is C66H96O4. The Kier molecular flexibility index (Phi) is 18.0. The molecule has 0 spiro atoms. The van der Waals surface area contributed by atoms with Crippen LogP contribution in [-0.2, 0) is 11.2 Å². The van der Waals surface area contributed by atoms with Gasteiger partial charge in [0, 0.05) is 11.8 Å². The van der Waals surface area contributed by atoms with E-state index < -0.39 is 11.2 Å². The van der Waals surface area contributed by atoms with Gasteiger partial charge < -0.3 is 19.7 Å². The van der Waals surface area contributed by atoms with Gasteiger partial charge in [0.15, 0.2) is 0 Å². The number of ether oxygens (including phenoxy) is 2. The summed E-state index contributed by atoms with van der Waals surface area (Å²) in [5.74, 6) is 14.1. The zero-order valence-corrected chi connectivity index (χ0v) is 45.9. The second kappa shape index (κ2) is 23.2. The van der Waals surface area contributed by atoms with E-state index in [-0.39, 0.29) is 5.41 Å². The summed E-state index contributed by atoms with van der Waals surface area (Å²) in [6, 6.07) is 6.59. The van der Waals surface area contributed by atoms with Crippen molar-refractivity contribution in [2.24, 2.45) is 58.2 Å². The van der Waals surface area contributed by atoms with Crippen molar-refractivity contribution >= 4 is 0 Å². The number of terminal acetylenes is 2. The highest BCUT2D eigenvalue weighted by molar-refractivity contribution is 5.41. The molecule has 0 saturated heterocycles. The van der Waals surface area contributed by atoms with Crippen molar-refractivity contribution in [3.05, 3.63) is 87.3 Å². The summed E-state index contributed by atoms with van der Waals surface area (Å²) in [6.07, 6.45) is 48.5. The predicted molar refractivity (Wildman–Crippen MR) is 293 cm³/mol. The summed E-state index contributed by atoms with van der Waals surface area (Å²) in [5.41, 5.74) is 10.4. The molecule has 10 aliphatic carbocycles. The van der Waals surface area contributed by atoms with E-state index in [4.69, 9.17) is 22.3 Å². The van der Waals surface area contributed by atoms with Crippen LogP contribution in [0.2, 0.25) is 0 Å². The van der Waals surface area contributed by atoms with Crippen LogP contribution in [-0.4, -0.2) is 35.6 Å². The summed E-state index contributed by atoms with van der Waals surface area (Å²) < 4.78 is 10.9. The van der Waals surface area contributed by atoms with Gasteiger partial charge in [0.05, 0.1) is 20.0 Å². The van der Waals surface area contributed by atoms with Gasteiger partial charge in [-0.1, -0.05) is 98.6 Å². The molecule has 2 N–H and O–H groups in total. The lowest BCUT2D eigenvalue weighted by Gasteiger charge is -2.52. The van der Waals surface area contributed by atoms with E-state index in [2.05, 4.69) is 103 Å². The molecular weight excluding hydrogens is 857 g/mol. The summed E-state index contributed by atoms with van der Waals surface area (Å²) >= 11 is 0. The van der Waals surface area contributed by atoms with E-state index in [0.29, 0.717) is 29.1 Å². The lowest BCUT2D eigenvalue weighted by atomic mass is 9.53. The Morgan fingerprint density at radius 3 is 1.87 bits per heavy atom. The topological polar surface area (TPSA) is 58.9 Å². The Bertz CT molecular complexity index is 2190. The molecule has 0 amide bonds. The monoisotopic (exact) mass is 953 g/mol. The fourth-order valence-corrected chi connectivity index (χ4v) is 16.6. The summed E-state index contributed by atoms with van der Waals surface area (Å²) in [5, 5.41) is 20.5. The van der Waals surface area contributed by atoms with E-state index in [0.717, 1.165) is 93.1 Å². The molecule has 11 rings (SSSR count). The minimum Gasteiger partial charge on any atom is -0.501 e. The molecule has 0 aliphatic heterocycles. The van der Waals surface area contributed by atoms with Gasteiger partial charge >= 0.3 is 0 Å². The van der Waals surface area contributed by atoms with Crippen molar-refractivity contribution in [1.82, 2.24) is 0 Å². The van der Waals surface area contributed by atoms with Gasteiger partial charge in [0.25, 0.3) is 0 Å². The van der Waals surface area contributed by atoms with Crippen LogP contribution in [0.5, 0.6) is 5.75 Å². The molecule has 4 nitrogen and oxygen atoms in total. The van der Waals surface area contributed by atoms with Gasteiger partial charge in [0.2, 0.25) is 0 Å². The van der Waals surface area contributed by atoms with Crippen LogP contribution in [0, 0.1) is 82.9 Å². The van der Waals surface area contributed by atoms with E-state index in [9.17, 15) is 10.2 Å². The van der Waals surface area contributed by atoms with Gasteiger partial charge in [0.1, 0.15) is 17.0 Å². The normalized spacial score (nSPS) is 40.3. The van der Waals surface area contributed by atoms with Crippen molar-refractivity contribution in [2.45, 2.75) is 220 Å². The average molecular weight is 953 g/mol. The number of allylic oxidation sites excluding steroid dienone is 9. The van der Waals surface area contributed by atoms with Crippen LogP contribution in [0.1, 0.15) is 214 Å². The zero-order valence-electron chi connectivity index (χ0n) is 45.9. The molecule has 1 aromatic rings. The SMILES string of the molecule is C#C[C@]1(O)CCC2C3CCc4cc(OC)ccc4C3CC[C@@]21C.C#C[C@]1(O)CCC[C@H]1C.C/C=C1/CCC2C3CCC4=C(CC=C(OC)C4)C3CC[C@]12C.C/C=C1/CCC[C@H]1C.C/C=C1/CCC[C@H]1C. The van der Waals surface area contributed by atoms with Crippen LogP contribution >= 0.6 is 0 Å². The van der Waals surface area contributed by atoms with Gasteiger partial charge in [-0.15, -0.1) is 12.8 Å². The second-order valence-corrected chi connectivity index (χ2v) is 24.3. The van der Waals surface area contributed by atoms with E-state index in [1.807, 2.05) is 19.6 Å². The van der Waals surface area contributed by atoms with Crippen molar-refractivity contribution in [3.63, 3.8) is 0 Å². The summed E-state index contributed by atoms with van der Waals surface area (Å²) in [6.45, 7) is 18.0. The highest BCUT2D eigenvalue weighted by Gasteiger charge is 2.61. The Labute approximate surface area is 428 Å². The third kappa shape index (κ3) is 10.8. The molecule has 0 aromatic heterocycles. The lowest BCUT2D eigenvalue weighted by molar-refractivity contribution is -0.0646. The zero-order chi connectivity index (χ0) is 50.4. The van der Waals surface area contributed by atoms with Gasteiger partial charge in [-0.25, -0.2) is 0 Å². The highest BCUT2D eigenvalue weighted by Crippen LogP contribution is 2.65. The van der Waals surface area contributed by atoms with Crippen molar-refractivity contribution in [3.8, 4) is 30.4 Å². The first-order chi connectivity index (χ1) is 33.6. The Hall–Kier alpha value is -3.44. The maximum absolute atomic E-state index is 11.0. The molecule has 7 saturated carbocycles. The van der Waals surface area contributed by atoms with Gasteiger partial charge in [-0.05, 0) is 250 Å².